The molecule has 4 rings (SSSR count). The van der Waals surface area contributed by atoms with E-state index < -0.39 is 0 Å². The Morgan fingerprint density at radius 3 is 2.82 bits per heavy atom. The van der Waals surface area contributed by atoms with Gasteiger partial charge in [0.1, 0.15) is 6.29 Å². The number of hydrogen-bond donors (Lipinski definition) is 4. The number of aryl methyl sites for hydroxylation is 1. The Hall–Kier alpha value is -2.38. The van der Waals surface area contributed by atoms with E-state index in [2.05, 4.69) is 38.0 Å². The van der Waals surface area contributed by atoms with E-state index in [9.17, 15) is 9.59 Å². The molecule has 2 aliphatic heterocycles. The summed E-state index contributed by atoms with van der Waals surface area (Å²) in [6, 6.07) is 8.59. The molecule has 1 aromatic heterocycles. The predicted octanol–water partition coefficient (Wildman–Crippen LogP) is 1.46. The minimum absolute atomic E-state index is 0.0882. The summed E-state index contributed by atoms with van der Waals surface area (Å²) >= 11 is 0. The van der Waals surface area contributed by atoms with Crippen LogP contribution in [-0.2, 0) is 16.0 Å². The standard InChI is InChI=1S/C21H29N5O2/c1-14-12-20(28)25-21(23-14)26-10-8-16(9-11-26)24-19(27)7-6-15-13-22-18-5-3-2-4-17(15)18/h2-5,13-14,16,21-23H,6-12H2,1H3,(H,24,27)(H,25,28). The van der Waals surface area contributed by atoms with Crippen LogP contribution < -0.4 is 16.0 Å². The number of nitrogens with zero attached hydrogens (tertiary/aromatic N) is 1. The first-order valence-electron chi connectivity index (χ1n) is 10.2. The summed E-state index contributed by atoms with van der Waals surface area (Å²) in [5, 5.41) is 10.8. The van der Waals surface area contributed by atoms with E-state index >= 15 is 0 Å². The molecular formula is C21H29N5O2. The maximum Gasteiger partial charge on any atom is 0.223 e. The summed E-state index contributed by atoms with van der Waals surface area (Å²) in [5.41, 5.74) is 2.30. The van der Waals surface area contributed by atoms with E-state index in [1.807, 2.05) is 25.3 Å². The van der Waals surface area contributed by atoms with Crippen LogP contribution in [0.25, 0.3) is 10.9 Å². The van der Waals surface area contributed by atoms with Crippen molar-refractivity contribution < 1.29 is 9.59 Å². The largest absolute Gasteiger partial charge is 0.361 e. The molecule has 0 radical (unpaired) electrons. The van der Waals surface area contributed by atoms with Crippen LogP contribution in [0.5, 0.6) is 0 Å². The Balaban J connectivity index is 1.22. The highest BCUT2D eigenvalue weighted by Crippen LogP contribution is 2.19. The van der Waals surface area contributed by atoms with Gasteiger partial charge in [0.25, 0.3) is 0 Å². The summed E-state index contributed by atoms with van der Waals surface area (Å²) in [5.74, 6) is 0.213. The molecule has 2 unspecified atom stereocenters. The van der Waals surface area contributed by atoms with Crippen molar-refractivity contribution >= 4 is 22.7 Å². The van der Waals surface area contributed by atoms with Crippen molar-refractivity contribution in [3.8, 4) is 0 Å². The minimum atomic E-state index is -0.0882. The molecule has 2 aliphatic rings. The number of likely N-dealkylation sites (tertiary alicyclic amines) is 1. The minimum Gasteiger partial charge on any atom is -0.361 e. The lowest BCUT2D eigenvalue weighted by Gasteiger charge is -2.41. The van der Waals surface area contributed by atoms with Gasteiger partial charge < -0.3 is 15.6 Å². The maximum absolute atomic E-state index is 12.4. The third-order valence-corrected chi connectivity index (χ3v) is 5.79. The van der Waals surface area contributed by atoms with Crippen LogP contribution in [0.2, 0.25) is 0 Å². The van der Waals surface area contributed by atoms with Crippen molar-refractivity contribution in [3.05, 3.63) is 36.0 Å². The smallest absolute Gasteiger partial charge is 0.223 e. The molecule has 2 atom stereocenters. The third-order valence-electron chi connectivity index (χ3n) is 5.79. The zero-order valence-corrected chi connectivity index (χ0v) is 16.3. The number of amides is 2. The third kappa shape index (κ3) is 4.36. The van der Waals surface area contributed by atoms with E-state index in [-0.39, 0.29) is 30.2 Å². The summed E-state index contributed by atoms with van der Waals surface area (Å²) in [4.78, 5) is 29.7. The molecule has 0 saturated carbocycles. The second-order valence-corrected chi connectivity index (χ2v) is 7.98. The number of rotatable bonds is 5. The van der Waals surface area contributed by atoms with Crippen molar-refractivity contribution in [2.45, 2.75) is 57.4 Å². The van der Waals surface area contributed by atoms with Crippen LogP contribution >= 0.6 is 0 Å². The SMILES string of the molecule is CC1CC(=O)NC(N2CCC(NC(=O)CCc3c[nH]c4ccccc34)CC2)N1. The molecule has 7 heteroatoms. The lowest BCUT2D eigenvalue weighted by molar-refractivity contribution is -0.127. The molecule has 2 fully saturated rings. The van der Waals surface area contributed by atoms with E-state index in [0.29, 0.717) is 12.8 Å². The van der Waals surface area contributed by atoms with Gasteiger partial charge in [0.15, 0.2) is 0 Å². The van der Waals surface area contributed by atoms with Crippen molar-refractivity contribution in [1.29, 1.82) is 0 Å². The highest BCUT2D eigenvalue weighted by Gasteiger charge is 2.30. The van der Waals surface area contributed by atoms with Crippen molar-refractivity contribution in [2.75, 3.05) is 13.1 Å². The number of benzene rings is 1. The van der Waals surface area contributed by atoms with Gasteiger partial charge in [-0.3, -0.25) is 19.8 Å². The topological polar surface area (TPSA) is 89.3 Å². The number of H-pyrrole nitrogens is 1. The molecule has 2 amide bonds. The number of para-hydroxylation sites is 1. The first-order chi connectivity index (χ1) is 13.6. The van der Waals surface area contributed by atoms with Crippen molar-refractivity contribution in [3.63, 3.8) is 0 Å². The van der Waals surface area contributed by atoms with Gasteiger partial charge in [0, 0.05) is 55.1 Å². The van der Waals surface area contributed by atoms with Gasteiger partial charge in [0.2, 0.25) is 11.8 Å². The highest BCUT2D eigenvalue weighted by molar-refractivity contribution is 5.84. The number of carbonyl (C=O) groups is 2. The molecule has 4 N–H and O–H groups in total. The predicted molar refractivity (Wildman–Crippen MR) is 109 cm³/mol. The molecule has 0 bridgehead atoms. The maximum atomic E-state index is 12.4. The number of nitrogens with one attached hydrogen (secondary N) is 4. The van der Waals surface area contributed by atoms with Gasteiger partial charge in [-0.15, -0.1) is 0 Å². The van der Waals surface area contributed by atoms with Crippen LogP contribution in [0.1, 0.15) is 38.2 Å². The van der Waals surface area contributed by atoms with Gasteiger partial charge >= 0.3 is 0 Å². The highest BCUT2D eigenvalue weighted by atomic mass is 16.2. The Morgan fingerprint density at radius 2 is 2.04 bits per heavy atom. The number of aromatic amines is 1. The quantitative estimate of drug-likeness (QED) is 0.629. The number of fused-ring (bicyclic) bond motifs is 1. The zero-order valence-electron chi connectivity index (χ0n) is 16.3. The van der Waals surface area contributed by atoms with Crippen LogP contribution in [-0.4, -0.2) is 53.2 Å². The molecule has 2 saturated heterocycles. The zero-order chi connectivity index (χ0) is 19.5. The number of hydrogen-bond acceptors (Lipinski definition) is 4. The number of piperidine rings is 1. The van der Waals surface area contributed by atoms with Gasteiger partial charge in [-0.2, -0.15) is 0 Å². The lowest BCUT2D eigenvalue weighted by Crippen LogP contribution is -2.65. The molecule has 150 valence electrons. The van der Waals surface area contributed by atoms with E-state index in [1.165, 1.54) is 10.9 Å². The van der Waals surface area contributed by atoms with Crippen molar-refractivity contribution in [1.82, 2.24) is 25.8 Å². The summed E-state index contributed by atoms with van der Waals surface area (Å²) in [7, 11) is 0. The van der Waals surface area contributed by atoms with Crippen LogP contribution in [0.3, 0.4) is 0 Å². The molecule has 2 aromatic rings. The Kier molecular flexibility index (Phi) is 5.64. The normalized spacial score (nSPS) is 24.2. The Labute approximate surface area is 165 Å². The summed E-state index contributed by atoms with van der Waals surface area (Å²) in [6.45, 7) is 3.75. The number of aromatic nitrogens is 1. The van der Waals surface area contributed by atoms with Crippen LogP contribution in [0.4, 0.5) is 0 Å². The molecule has 7 nitrogen and oxygen atoms in total. The second-order valence-electron chi connectivity index (χ2n) is 7.98. The first-order valence-corrected chi connectivity index (χ1v) is 10.2. The number of carbonyl (C=O) groups excluding carboxylic acids is 2. The van der Waals surface area contributed by atoms with Gasteiger partial charge in [-0.1, -0.05) is 18.2 Å². The molecule has 0 aliphatic carbocycles. The second kappa shape index (κ2) is 8.32. The molecular weight excluding hydrogens is 354 g/mol. The van der Waals surface area contributed by atoms with Crippen LogP contribution in [0, 0.1) is 0 Å². The molecule has 28 heavy (non-hydrogen) atoms. The van der Waals surface area contributed by atoms with E-state index in [4.69, 9.17) is 0 Å². The van der Waals surface area contributed by atoms with Crippen molar-refractivity contribution in [2.24, 2.45) is 0 Å². The monoisotopic (exact) mass is 383 g/mol. The fourth-order valence-electron chi connectivity index (χ4n) is 4.24. The fourth-order valence-corrected chi connectivity index (χ4v) is 4.24. The summed E-state index contributed by atoms with van der Waals surface area (Å²) < 4.78 is 0. The van der Waals surface area contributed by atoms with Crippen LogP contribution in [0.15, 0.2) is 30.5 Å². The van der Waals surface area contributed by atoms with E-state index in [1.54, 1.807) is 0 Å². The fraction of sp³-hybridized carbons (Fsp3) is 0.524. The summed E-state index contributed by atoms with van der Waals surface area (Å²) in [6.07, 6.45) is 5.49. The average molecular weight is 383 g/mol. The molecule has 0 spiro atoms. The Morgan fingerprint density at radius 1 is 1.25 bits per heavy atom. The Bertz CT molecular complexity index is 840. The molecule has 1 aromatic carbocycles. The van der Waals surface area contributed by atoms with Gasteiger partial charge in [-0.05, 0) is 37.8 Å². The van der Waals surface area contributed by atoms with E-state index in [0.717, 1.165) is 37.9 Å². The van der Waals surface area contributed by atoms with Gasteiger partial charge in [-0.25, -0.2) is 0 Å². The first kappa shape index (κ1) is 19.0. The lowest BCUT2D eigenvalue weighted by atomic mass is 10.0. The average Bonchev–Trinajstić information content (AvgIpc) is 3.09. The molecule has 3 heterocycles. The van der Waals surface area contributed by atoms with Gasteiger partial charge in [0.05, 0.1) is 0 Å².